The maximum atomic E-state index is 12.5. The highest BCUT2D eigenvalue weighted by Crippen LogP contribution is 2.23. The molecule has 2 nitrogen and oxygen atoms in total. The largest absolute Gasteiger partial charge is 0.337 e. The highest BCUT2D eigenvalue weighted by Gasteiger charge is 2.16. The third kappa shape index (κ3) is 3.57. The molecular formula is C15H13BrClNOS. The van der Waals surface area contributed by atoms with Gasteiger partial charge in [-0.15, -0.1) is 12.6 Å². The first-order chi connectivity index (χ1) is 9.49. The molecule has 0 aliphatic carbocycles. The van der Waals surface area contributed by atoms with Gasteiger partial charge in [0.2, 0.25) is 0 Å². The van der Waals surface area contributed by atoms with Crippen molar-refractivity contribution < 1.29 is 4.79 Å². The molecule has 0 saturated carbocycles. The van der Waals surface area contributed by atoms with Crippen molar-refractivity contribution in [2.45, 2.75) is 11.4 Å². The van der Waals surface area contributed by atoms with E-state index in [1.807, 2.05) is 36.4 Å². The molecule has 0 atom stereocenters. The molecule has 2 rings (SSSR count). The summed E-state index contributed by atoms with van der Waals surface area (Å²) in [4.78, 5) is 14.8. The van der Waals surface area contributed by atoms with Crippen LogP contribution in [-0.2, 0) is 6.54 Å². The van der Waals surface area contributed by atoms with Crippen molar-refractivity contribution in [1.82, 2.24) is 4.90 Å². The van der Waals surface area contributed by atoms with Crippen molar-refractivity contribution in [3.8, 4) is 0 Å². The standard InChI is InChI=1S/C15H13BrClNOS/c1-18(9-10-4-2-3-5-14(10)17)15(19)12-8-11(20)6-7-13(12)16/h2-8,20H,9H2,1H3. The third-order valence-corrected chi connectivity index (χ3v) is 4.23. The van der Waals surface area contributed by atoms with Crippen molar-refractivity contribution in [3.05, 3.63) is 63.1 Å². The summed E-state index contributed by atoms with van der Waals surface area (Å²) in [6.07, 6.45) is 0. The van der Waals surface area contributed by atoms with Gasteiger partial charge in [0.15, 0.2) is 0 Å². The average Bonchev–Trinajstić information content (AvgIpc) is 2.43. The number of nitrogens with zero attached hydrogens (tertiary/aromatic N) is 1. The first kappa shape index (κ1) is 15.4. The van der Waals surface area contributed by atoms with Crippen LogP contribution in [0.5, 0.6) is 0 Å². The van der Waals surface area contributed by atoms with Crippen molar-refractivity contribution in [2.24, 2.45) is 0 Å². The Morgan fingerprint density at radius 1 is 1.30 bits per heavy atom. The van der Waals surface area contributed by atoms with Gasteiger partial charge in [0.25, 0.3) is 5.91 Å². The quantitative estimate of drug-likeness (QED) is 0.779. The minimum Gasteiger partial charge on any atom is -0.337 e. The summed E-state index contributed by atoms with van der Waals surface area (Å²) in [6, 6.07) is 12.9. The lowest BCUT2D eigenvalue weighted by Gasteiger charge is -2.19. The Hall–Kier alpha value is -0.970. The summed E-state index contributed by atoms with van der Waals surface area (Å²) < 4.78 is 0.756. The Kier molecular flexibility index (Phi) is 5.13. The number of amides is 1. The molecule has 0 radical (unpaired) electrons. The van der Waals surface area contributed by atoms with Crippen LogP contribution in [0.4, 0.5) is 0 Å². The lowest BCUT2D eigenvalue weighted by Crippen LogP contribution is -2.26. The van der Waals surface area contributed by atoms with E-state index in [-0.39, 0.29) is 5.91 Å². The van der Waals surface area contributed by atoms with Crippen LogP contribution in [-0.4, -0.2) is 17.9 Å². The zero-order chi connectivity index (χ0) is 14.7. The zero-order valence-corrected chi connectivity index (χ0v) is 14.0. The van der Waals surface area contributed by atoms with Crippen molar-refractivity contribution in [3.63, 3.8) is 0 Å². The van der Waals surface area contributed by atoms with E-state index in [4.69, 9.17) is 11.6 Å². The molecule has 0 N–H and O–H groups in total. The number of carbonyl (C=O) groups excluding carboxylic acids is 1. The molecule has 1 amide bonds. The Morgan fingerprint density at radius 2 is 2.00 bits per heavy atom. The lowest BCUT2D eigenvalue weighted by molar-refractivity contribution is 0.0784. The van der Waals surface area contributed by atoms with Gasteiger partial charge in [-0.05, 0) is 45.8 Å². The van der Waals surface area contributed by atoms with E-state index in [0.717, 1.165) is 14.9 Å². The van der Waals surface area contributed by atoms with Gasteiger partial charge in [0, 0.05) is 28.0 Å². The van der Waals surface area contributed by atoms with Gasteiger partial charge in [0.1, 0.15) is 0 Å². The van der Waals surface area contributed by atoms with E-state index in [1.54, 1.807) is 18.0 Å². The van der Waals surface area contributed by atoms with E-state index in [2.05, 4.69) is 28.6 Å². The summed E-state index contributed by atoms with van der Waals surface area (Å²) in [5, 5.41) is 0.661. The van der Waals surface area contributed by atoms with Gasteiger partial charge in [-0.25, -0.2) is 0 Å². The van der Waals surface area contributed by atoms with E-state index in [9.17, 15) is 4.79 Å². The van der Waals surface area contributed by atoms with Crippen molar-refractivity contribution >= 4 is 46.1 Å². The third-order valence-electron chi connectivity index (χ3n) is 2.89. The Labute approximate surface area is 137 Å². The number of thiol groups is 1. The fraction of sp³-hybridized carbons (Fsp3) is 0.133. The van der Waals surface area contributed by atoms with Crippen LogP contribution in [0.25, 0.3) is 0 Å². The minimum absolute atomic E-state index is 0.0762. The van der Waals surface area contributed by atoms with Crippen LogP contribution in [0.15, 0.2) is 51.8 Å². The Balaban J connectivity index is 2.21. The molecule has 0 heterocycles. The molecule has 0 aliphatic rings. The highest BCUT2D eigenvalue weighted by atomic mass is 79.9. The van der Waals surface area contributed by atoms with E-state index < -0.39 is 0 Å². The van der Waals surface area contributed by atoms with Crippen molar-refractivity contribution in [1.29, 1.82) is 0 Å². The molecule has 2 aromatic rings. The predicted octanol–water partition coefficient (Wildman–Crippen LogP) is 4.66. The van der Waals surface area contributed by atoms with Crippen LogP contribution in [0.1, 0.15) is 15.9 Å². The second-order valence-electron chi connectivity index (χ2n) is 4.42. The van der Waals surface area contributed by atoms with Crippen LogP contribution >= 0.6 is 40.2 Å². The minimum atomic E-state index is -0.0762. The maximum Gasteiger partial charge on any atom is 0.255 e. The van der Waals surface area contributed by atoms with E-state index in [1.165, 1.54) is 0 Å². The number of hydrogen-bond donors (Lipinski definition) is 1. The van der Waals surface area contributed by atoms with Gasteiger partial charge >= 0.3 is 0 Å². The Bertz CT molecular complexity index is 648. The number of hydrogen-bond acceptors (Lipinski definition) is 2. The molecule has 0 aromatic heterocycles. The lowest BCUT2D eigenvalue weighted by atomic mass is 10.1. The maximum absolute atomic E-state index is 12.5. The molecule has 0 saturated heterocycles. The molecule has 0 aliphatic heterocycles. The van der Waals surface area contributed by atoms with Gasteiger partial charge in [-0.3, -0.25) is 4.79 Å². The molecule has 20 heavy (non-hydrogen) atoms. The summed E-state index contributed by atoms with van der Waals surface area (Å²) in [5.41, 5.74) is 1.51. The van der Waals surface area contributed by atoms with Crippen LogP contribution in [0, 0.1) is 0 Å². The normalized spacial score (nSPS) is 10.4. The fourth-order valence-corrected chi connectivity index (χ4v) is 2.65. The van der Waals surface area contributed by atoms with E-state index in [0.29, 0.717) is 17.1 Å². The summed E-state index contributed by atoms with van der Waals surface area (Å²) in [6.45, 7) is 0.460. The molecule has 2 aromatic carbocycles. The Morgan fingerprint density at radius 3 is 2.70 bits per heavy atom. The number of benzene rings is 2. The van der Waals surface area contributed by atoms with Gasteiger partial charge in [-0.2, -0.15) is 0 Å². The van der Waals surface area contributed by atoms with Crippen molar-refractivity contribution in [2.75, 3.05) is 7.05 Å². The highest BCUT2D eigenvalue weighted by molar-refractivity contribution is 9.10. The number of rotatable bonds is 3. The average molecular weight is 371 g/mol. The number of carbonyl (C=O) groups is 1. The second kappa shape index (κ2) is 6.66. The topological polar surface area (TPSA) is 20.3 Å². The molecule has 0 bridgehead atoms. The fourth-order valence-electron chi connectivity index (χ4n) is 1.84. The monoisotopic (exact) mass is 369 g/mol. The summed E-state index contributed by atoms with van der Waals surface area (Å²) in [5.74, 6) is -0.0762. The first-order valence-electron chi connectivity index (χ1n) is 5.96. The van der Waals surface area contributed by atoms with Crippen LogP contribution in [0.3, 0.4) is 0 Å². The van der Waals surface area contributed by atoms with Gasteiger partial charge < -0.3 is 4.90 Å². The molecule has 0 fully saturated rings. The summed E-state index contributed by atoms with van der Waals surface area (Å²) in [7, 11) is 1.75. The molecular weight excluding hydrogens is 358 g/mol. The first-order valence-corrected chi connectivity index (χ1v) is 7.58. The second-order valence-corrected chi connectivity index (χ2v) is 6.19. The predicted molar refractivity (Wildman–Crippen MR) is 88.6 cm³/mol. The summed E-state index contributed by atoms with van der Waals surface area (Å²) >= 11 is 13.8. The molecule has 0 unspecified atom stereocenters. The zero-order valence-electron chi connectivity index (χ0n) is 10.8. The smallest absolute Gasteiger partial charge is 0.255 e. The van der Waals surface area contributed by atoms with Crippen LogP contribution in [0.2, 0.25) is 5.02 Å². The molecule has 5 heteroatoms. The van der Waals surface area contributed by atoms with E-state index >= 15 is 0 Å². The number of halogens is 2. The van der Waals surface area contributed by atoms with Gasteiger partial charge in [-0.1, -0.05) is 29.8 Å². The molecule has 0 spiro atoms. The van der Waals surface area contributed by atoms with Gasteiger partial charge in [0.05, 0.1) is 5.56 Å². The molecule has 104 valence electrons. The van der Waals surface area contributed by atoms with Crippen LogP contribution < -0.4 is 0 Å². The SMILES string of the molecule is CN(Cc1ccccc1Cl)C(=O)c1cc(S)ccc1Br.